The predicted octanol–water partition coefficient (Wildman–Crippen LogP) is 1.89. The Bertz CT molecular complexity index is 434. The monoisotopic (exact) mass is 285 g/mol. The largest absolute Gasteiger partial charge is 0.480 e. The number of aryl methyl sites for hydroxylation is 1. The van der Waals surface area contributed by atoms with Crippen molar-refractivity contribution in [2.24, 2.45) is 0 Å². The second kappa shape index (κ2) is 7.73. The van der Waals surface area contributed by atoms with Crippen LogP contribution in [0.5, 0.6) is 0 Å². The van der Waals surface area contributed by atoms with Gasteiger partial charge >= 0.3 is 12.0 Å². The first kappa shape index (κ1) is 15.4. The topological polar surface area (TPSA) is 91.3 Å². The molecule has 2 amide bonds. The van der Waals surface area contributed by atoms with Gasteiger partial charge in [0.2, 0.25) is 0 Å². The minimum Gasteiger partial charge on any atom is -0.480 e. The van der Waals surface area contributed by atoms with Gasteiger partial charge in [0.15, 0.2) is 0 Å². The van der Waals surface area contributed by atoms with Gasteiger partial charge < -0.3 is 15.7 Å². The Balaban J connectivity index is 2.40. The molecule has 1 atom stereocenters. The number of carboxylic acids is 1. The van der Waals surface area contributed by atoms with Gasteiger partial charge in [0, 0.05) is 4.88 Å². The Labute approximate surface area is 116 Å². The zero-order valence-corrected chi connectivity index (χ0v) is 11.9. The van der Waals surface area contributed by atoms with Gasteiger partial charge in [0.05, 0.1) is 17.7 Å². The molecule has 0 saturated heterocycles. The number of thiazole rings is 1. The highest BCUT2D eigenvalue weighted by atomic mass is 32.1. The molecular weight excluding hydrogens is 266 g/mol. The van der Waals surface area contributed by atoms with Crippen molar-refractivity contribution in [1.82, 2.24) is 15.6 Å². The van der Waals surface area contributed by atoms with E-state index in [0.717, 1.165) is 23.4 Å². The summed E-state index contributed by atoms with van der Waals surface area (Å²) in [6.45, 7) is 4.21. The molecule has 0 aliphatic heterocycles. The first-order valence-corrected chi connectivity index (χ1v) is 7.08. The normalized spacial score (nSPS) is 11.9. The van der Waals surface area contributed by atoms with Crippen molar-refractivity contribution < 1.29 is 14.7 Å². The second-order valence-corrected chi connectivity index (χ2v) is 5.16. The van der Waals surface area contributed by atoms with E-state index < -0.39 is 18.0 Å². The van der Waals surface area contributed by atoms with Gasteiger partial charge in [-0.05, 0) is 13.3 Å². The smallest absolute Gasteiger partial charge is 0.326 e. The number of hydrogen-bond acceptors (Lipinski definition) is 4. The fourth-order valence-electron chi connectivity index (χ4n) is 1.53. The quantitative estimate of drug-likeness (QED) is 0.713. The number of rotatable bonds is 7. The van der Waals surface area contributed by atoms with Gasteiger partial charge in [0.25, 0.3) is 0 Å². The van der Waals surface area contributed by atoms with Gasteiger partial charge in [-0.15, -0.1) is 11.3 Å². The van der Waals surface area contributed by atoms with E-state index in [4.69, 9.17) is 5.11 Å². The van der Waals surface area contributed by atoms with Crippen molar-refractivity contribution >= 4 is 23.3 Å². The van der Waals surface area contributed by atoms with Crippen LogP contribution >= 0.6 is 11.3 Å². The number of carbonyl (C=O) groups is 2. The van der Waals surface area contributed by atoms with Crippen LogP contribution in [0.15, 0.2) is 5.51 Å². The maximum absolute atomic E-state index is 11.6. The van der Waals surface area contributed by atoms with E-state index in [2.05, 4.69) is 15.6 Å². The summed E-state index contributed by atoms with van der Waals surface area (Å²) in [6, 6.07) is -1.29. The van der Waals surface area contributed by atoms with Crippen LogP contribution in [0.2, 0.25) is 0 Å². The Morgan fingerprint density at radius 3 is 2.79 bits per heavy atom. The molecule has 6 nitrogen and oxygen atoms in total. The number of aliphatic carboxylic acids is 1. The van der Waals surface area contributed by atoms with Crippen molar-refractivity contribution in [1.29, 1.82) is 0 Å². The molecule has 106 valence electrons. The summed E-state index contributed by atoms with van der Waals surface area (Å²) >= 11 is 1.46. The number of nitrogens with zero attached hydrogens (tertiary/aromatic N) is 1. The Morgan fingerprint density at radius 1 is 1.53 bits per heavy atom. The Hall–Kier alpha value is -1.63. The van der Waals surface area contributed by atoms with E-state index in [1.807, 2.05) is 13.8 Å². The van der Waals surface area contributed by atoms with Crippen LogP contribution in [0.4, 0.5) is 4.79 Å². The number of urea groups is 1. The van der Waals surface area contributed by atoms with Gasteiger partial charge in [-0.25, -0.2) is 14.6 Å². The van der Waals surface area contributed by atoms with Crippen LogP contribution < -0.4 is 10.6 Å². The maximum atomic E-state index is 11.6. The summed E-state index contributed by atoms with van der Waals surface area (Å²) in [6.07, 6.45) is 2.11. The van der Waals surface area contributed by atoms with Crippen LogP contribution in [-0.4, -0.2) is 28.1 Å². The lowest BCUT2D eigenvalue weighted by Gasteiger charge is -2.14. The standard InChI is InChI=1S/C12H19N3O3S/c1-3-4-5-9(11(16)17)15-12(18)13-6-10-8(2)14-7-19-10/h7,9H,3-6H2,1-2H3,(H,16,17)(H2,13,15,18). The molecule has 0 bridgehead atoms. The van der Waals surface area contributed by atoms with Crippen molar-refractivity contribution in [2.75, 3.05) is 0 Å². The third-order valence-electron chi connectivity index (χ3n) is 2.70. The summed E-state index contributed by atoms with van der Waals surface area (Å²) in [4.78, 5) is 27.6. The Kier molecular flexibility index (Phi) is 6.27. The summed E-state index contributed by atoms with van der Waals surface area (Å²) in [5, 5.41) is 14.1. The average Bonchev–Trinajstić information content (AvgIpc) is 2.77. The third kappa shape index (κ3) is 5.25. The third-order valence-corrected chi connectivity index (χ3v) is 3.64. The minimum absolute atomic E-state index is 0.364. The van der Waals surface area contributed by atoms with Crippen LogP contribution in [0.25, 0.3) is 0 Å². The van der Waals surface area contributed by atoms with E-state index in [1.165, 1.54) is 11.3 Å². The number of nitrogens with one attached hydrogen (secondary N) is 2. The zero-order valence-electron chi connectivity index (χ0n) is 11.1. The molecule has 1 heterocycles. The molecule has 19 heavy (non-hydrogen) atoms. The van der Waals surface area contributed by atoms with E-state index in [1.54, 1.807) is 5.51 Å². The van der Waals surface area contributed by atoms with E-state index in [9.17, 15) is 9.59 Å². The number of carbonyl (C=O) groups excluding carboxylic acids is 1. The molecule has 0 saturated carbocycles. The molecule has 3 N–H and O–H groups in total. The molecule has 0 spiro atoms. The molecule has 0 aliphatic carbocycles. The van der Waals surface area contributed by atoms with Crippen LogP contribution in [0.3, 0.4) is 0 Å². The first-order chi connectivity index (χ1) is 9.04. The summed E-state index contributed by atoms with van der Waals surface area (Å²) in [7, 11) is 0. The lowest BCUT2D eigenvalue weighted by Crippen LogP contribution is -2.45. The highest BCUT2D eigenvalue weighted by Crippen LogP contribution is 2.11. The number of amides is 2. The lowest BCUT2D eigenvalue weighted by molar-refractivity contribution is -0.139. The van der Waals surface area contributed by atoms with E-state index >= 15 is 0 Å². The fraction of sp³-hybridized carbons (Fsp3) is 0.583. The maximum Gasteiger partial charge on any atom is 0.326 e. The predicted molar refractivity (Wildman–Crippen MR) is 73.2 cm³/mol. The lowest BCUT2D eigenvalue weighted by atomic mass is 10.1. The first-order valence-electron chi connectivity index (χ1n) is 6.20. The highest BCUT2D eigenvalue weighted by molar-refractivity contribution is 7.09. The van der Waals surface area contributed by atoms with Gasteiger partial charge in [0.1, 0.15) is 6.04 Å². The molecule has 0 radical (unpaired) electrons. The van der Waals surface area contributed by atoms with Crippen LogP contribution in [-0.2, 0) is 11.3 Å². The van der Waals surface area contributed by atoms with Crippen molar-refractivity contribution in [2.45, 2.75) is 45.7 Å². The molecule has 1 aromatic heterocycles. The van der Waals surface area contributed by atoms with Crippen LogP contribution in [0, 0.1) is 6.92 Å². The van der Waals surface area contributed by atoms with Crippen LogP contribution in [0.1, 0.15) is 36.8 Å². The second-order valence-electron chi connectivity index (χ2n) is 4.22. The molecule has 0 fully saturated rings. The van der Waals surface area contributed by atoms with Crippen molar-refractivity contribution in [3.63, 3.8) is 0 Å². The SMILES string of the molecule is CCCCC(NC(=O)NCc1scnc1C)C(=O)O. The average molecular weight is 285 g/mol. The number of hydrogen-bond donors (Lipinski definition) is 3. The molecule has 1 aromatic rings. The number of aromatic nitrogens is 1. The van der Waals surface area contributed by atoms with Crippen molar-refractivity contribution in [3.05, 3.63) is 16.1 Å². The Morgan fingerprint density at radius 2 is 2.26 bits per heavy atom. The summed E-state index contributed by atoms with van der Waals surface area (Å²) in [5.74, 6) is -1.00. The number of carboxylic acid groups (broad SMARTS) is 1. The van der Waals surface area contributed by atoms with E-state index in [0.29, 0.717) is 13.0 Å². The molecule has 0 aliphatic rings. The zero-order chi connectivity index (χ0) is 14.3. The van der Waals surface area contributed by atoms with Gasteiger partial charge in [-0.2, -0.15) is 0 Å². The van der Waals surface area contributed by atoms with Gasteiger partial charge in [-0.1, -0.05) is 19.8 Å². The van der Waals surface area contributed by atoms with Crippen molar-refractivity contribution in [3.8, 4) is 0 Å². The fourth-order valence-corrected chi connectivity index (χ4v) is 2.25. The van der Waals surface area contributed by atoms with E-state index in [-0.39, 0.29) is 0 Å². The highest BCUT2D eigenvalue weighted by Gasteiger charge is 2.19. The molecule has 1 unspecified atom stereocenters. The molecular formula is C12H19N3O3S. The van der Waals surface area contributed by atoms with Gasteiger partial charge in [-0.3, -0.25) is 0 Å². The number of unbranched alkanes of at least 4 members (excludes halogenated alkanes) is 1. The molecule has 0 aromatic carbocycles. The summed E-state index contributed by atoms with van der Waals surface area (Å²) in [5.41, 5.74) is 2.59. The molecule has 7 heteroatoms. The molecule has 1 rings (SSSR count). The minimum atomic E-state index is -1.00. The summed E-state index contributed by atoms with van der Waals surface area (Å²) < 4.78 is 0.